The first-order valence-corrected chi connectivity index (χ1v) is 11.1. The molecule has 0 radical (unpaired) electrons. The molecule has 0 unspecified atom stereocenters. The predicted octanol–water partition coefficient (Wildman–Crippen LogP) is 4.10. The number of rotatable bonds is 11. The van der Waals surface area contributed by atoms with Crippen LogP contribution in [0.15, 0.2) is 48.5 Å². The van der Waals surface area contributed by atoms with Crippen molar-refractivity contribution in [2.75, 3.05) is 38.7 Å². The summed E-state index contributed by atoms with van der Waals surface area (Å²) in [5.74, 6) is 0.0404. The minimum atomic E-state index is -0.389. The van der Waals surface area contributed by atoms with Crippen LogP contribution < -0.4 is 15.4 Å². The normalized spacial score (nSPS) is 10.3. The molecule has 0 atom stereocenters. The molecular weight excluding hydrogens is 426 g/mol. The number of para-hydroxylation sites is 1. The van der Waals surface area contributed by atoms with Crippen molar-refractivity contribution in [2.45, 2.75) is 26.7 Å². The van der Waals surface area contributed by atoms with Gasteiger partial charge in [0, 0.05) is 31.5 Å². The quantitative estimate of drug-likeness (QED) is 0.391. The highest BCUT2D eigenvalue weighted by Crippen LogP contribution is 2.18. The van der Waals surface area contributed by atoms with Crippen LogP contribution in [0.25, 0.3) is 0 Å². The molecule has 2 aromatic rings. The maximum Gasteiger partial charge on any atom is 0.261 e. The second kappa shape index (κ2) is 13.4. The molecule has 172 valence electrons. The van der Waals surface area contributed by atoms with E-state index in [1.165, 1.54) is 0 Å². The van der Waals surface area contributed by atoms with Gasteiger partial charge in [-0.05, 0) is 55.4 Å². The molecule has 2 aromatic carbocycles. The second-order valence-electron chi connectivity index (χ2n) is 7.12. The van der Waals surface area contributed by atoms with Crippen LogP contribution in [0.4, 0.5) is 5.69 Å². The van der Waals surface area contributed by atoms with E-state index >= 15 is 0 Å². The van der Waals surface area contributed by atoms with Crippen molar-refractivity contribution in [3.05, 3.63) is 59.7 Å². The smallest absolute Gasteiger partial charge is 0.261 e. The number of carbonyl (C=O) groups excluding carboxylic acids is 2. The zero-order valence-electron chi connectivity index (χ0n) is 18.8. The number of anilines is 1. The molecular formula is C24H31N3O4S. The summed E-state index contributed by atoms with van der Waals surface area (Å²) in [6.45, 7) is 6.28. The number of hydrogen-bond donors (Lipinski definition) is 2. The predicted molar refractivity (Wildman–Crippen MR) is 130 cm³/mol. The summed E-state index contributed by atoms with van der Waals surface area (Å²) in [5.41, 5.74) is 1.56. The lowest BCUT2D eigenvalue weighted by Crippen LogP contribution is -2.34. The highest BCUT2D eigenvalue weighted by atomic mass is 32.1. The highest BCUT2D eigenvalue weighted by molar-refractivity contribution is 7.80. The van der Waals surface area contributed by atoms with Crippen molar-refractivity contribution in [3.63, 3.8) is 0 Å². The number of thiocarbonyl (C=S) groups is 1. The standard InChI is InChI=1S/C24H31N3O4S/c1-4-13-27(14-5-2)23(29)18-9-8-10-19(17-18)25-24(32)26-22(28)20-11-6-7-12-21(20)31-16-15-30-3/h6-12,17H,4-5,13-16H2,1-3H3,(H2,25,26,28,32). The van der Waals surface area contributed by atoms with E-state index in [-0.39, 0.29) is 16.9 Å². The van der Waals surface area contributed by atoms with Gasteiger partial charge >= 0.3 is 0 Å². The van der Waals surface area contributed by atoms with Crippen LogP contribution in [0.5, 0.6) is 5.75 Å². The first-order valence-electron chi connectivity index (χ1n) is 10.7. The van der Waals surface area contributed by atoms with Gasteiger partial charge in [-0.3, -0.25) is 14.9 Å². The third kappa shape index (κ3) is 7.62. The number of nitrogens with zero attached hydrogens (tertiary/aromatic N) is 1. The number of ether oxygens (including phenoxy) is 2. The van der Waals surface area contributed by atoms with Gasteiger partial charge in [0.1, 0.15) is 12.4 Å². The van der Waals surface area contributed by atoms with E-state index < -0.39 is 0 Å². The fourth-order valence-corrected chi connectivity index (χ4v) is 3.33. The van der Waals surface area contributed by atoms with Gasteiger partial charge in [-0.15, -0.1) is 0 Å². The SMILES string of the molecule is CCCN(CCC)C(=O)c1cccc(NC(=S)NC(=O)c2ccccc2OCCOC)c1. The maximum absolute atomic E-state index is 12.8. The third-order valence-corrected chi connectivity index (χ3v) is 4.75. The van der Waals surface area contributed by atoms with Crippen LogP contribution >= 0.6 is 12.2 Å². The van der Waals surface area contributed by atoms with Crippen molar-refractivity contribution >= 4 is 34.8 Å². The summed E-state index contributed by atoms with van der Waals surface area (Å²) in [6, 6.07) is 14.0. The average molecular weight is 458 g/mol. The molecule has 2 rings (SSSR count). The van der Waals surface area contributed by atoms with Crippen molar-refractivity contribution in [1.82, 2.24) is 10.2 Å². The molecule has 0 aliphatic rings. The molecule has 2 amide bonds. The molecule has 0 fully saturated rings. The van der Waals surface area contributed by atoms with E-state index in [4.69, 9.17) is 21.7 Å². The lowest BCUT2D eigenvalue weighted by Gasteiger charge is -2.22. The van der Waals surface area contributed by atoms with Gasteiger partial charge in [-0.1, -0.05) is 32.0 Å². The Bertz CT molecular complexity index is 914. The van der Waals surface area contributed by atoms with Crippen LogP contribution in [0.1, 0.15) is 47.4 Å². The summed E-state index contributed by atoms with van der Waals surface area (Å²) in [5, 5.41) is 5.77. The first kappa shape index (κ1) is 25.3. The Morgan fingerprint density at radius 3 is 2.41 bits per heavy atom. The zero-order chi connectivity index (χ0) is 23.3. The van der Waals surface area contributed by atoms with Crippen molar-refractivity contribution in [3.8, 4) is 5.75 Å². The van der Waals surface area contributed by atoms with E-state index in [2.05, 4.69) is 24.5 Å². The van der Waals surface area contributed by atoms with Gasteiger partial charge < -0.3 is 19.7 Å². The molecule has 0 heterocycles. The molecule has 8 heteroatoms. The Morgan fingerprint density at radius 2 is 1.72 bits per heavy atom. The Balaban J connectivity index is 2.04. The van der Waals surface area contributed by atoms with Crippen LogP contribution in [-0.2, 0) is 4.74 Å². The molecule has 0 aliphatic heterocycles. The van der Waals surface area contributed by atoms with Gasteiger partial charge in [0.05, 0.1) is 12.2 Å². The molecule has 0 aromatic heterocycles. The number of benzene rings is 2. The Labute approximate surface area is 195 Å². The summed E-state index contributed by atoms with van der Waals surface area (Å²) in [4.78, 5) is 27.4. The van der Waals surface area contributed by atoms with Gasteiger partial charge in [0.25, 0.3) is 11.8 Å². The molecule has 0 bridgehead atoms. The van der Waals surface area contributed by atoms with Crippen molar-refractivity contribution in [2.24, 2.45) is 0 Å². The molecule has 0 aliphatic carbocycles. The van der Waals surface area contributed by atoms with E-state index in [0.717, 1.165) is 12.8 Å². The molecule has 7 nitrogen and oxygen atoms in total. The van der Waals surface area contributed by atoms with E-state index in [9.17, 15) is 9.59 Å². The fourth-order valence-electron chi connectivity index (χ4n) is 3.12. The van der Waals surface area contributed by atoms with Gasteiger partial charge in [-0.25, -0.2) is 0 Å². The molecule has 2 N–H and O–H groups in total. The van der Waals surface area contributed by atoms with Gasteiger partial charge in [-0.2, -0.15) is 0 Å². The second-order valence-corrected chi connectivity index (χ2v) is 7.53. The van der Waals surface area contributed by atoms with Gasteiger partial charge in [0.15, 0.2) is 5.11 Å². The number of nitrogens with one attached hydrogen (secondary N) is 2. The minimum Gasteiger partial charge on any atom is -0.490 e. The van der Waals surface area contributed by atoms with E-state index in [1.807, 2.05) is 4.90 Å². The lowest BCUT2D eigenvalue weighted by molar-refractivity contribution is 0.0755. The van der Waals surface area contributed by atoms with Crippen molar-refractivity contribution in [1.29, 1.82) is 0 Å². The maximum atomic E-state index is 12.8. The monoisotopic (exact) mass is 457 g/mol. The minimum absolute atomic E-state index is 0.0190. The zero-order valence-corrected chi connectivity index (χ0v) is 19.7. The summed E-state index contributed by atoms with van der Waals surface area (Å²) >= 11 is 5.31. The lowest BCUT2D eigenvalue weighted by atomic mass is 10.1. The van der Waals surface area contributed by atoms with Crippen LogP contribution in [0.2, 0.25) is 0 Å². The van der Waals surface area contributed by atoms with Crippen LogP contribution in [-0.4, -0.2) is 55.2 Å². The van der Waals surface area contributed by atoms with E-state index in [1.54, 1.807) is 55.6 Å². The largest absolute Gasteiger partial charge is 0.490 e. The first-order chi connectivity index (χ1) is 15.5. The molecule has 32 heavy (non-hydrogen) atoms. The summed E-state index contributed by atoms with van der Waals surface area (Å²) in [6.07, 6.45) is 1.80. The Morgan fingerprint density at radius 1 is 1.00 bits per heavy atom. The van der Waals surface area contributed by atoms with E-state index in [0.29, 0.717) is 48.9 Å². The third-order valence-electron chi connectivity index (χ3n) is 4.55. The molecule has 0 spiro atoms. The Kier molecular flexibility index (Phi) is 10.6. The molecule has 0 saturated carbocycles. The fraction of sp³-hybridized carbons (Fsp3) is 0.375. The average Bonchev–Trinajstić information content (AvgIpc) is 2.79. The number of hydrogen-bond acceptors (Lipinski definition) is 5. The van der Waals surface area contributed by atoms with Crippen LogP contribution in [0, 0.1) is 0 Å². The molecule has 0 saturated heterocycles. The summed E-state index contributed by atoms with van der Waals surface area (Å²) < 4.78 is 10.6. The number of methoxy groups -OCH3 is 1. The highest BCUT2D eigenvalue weighted by Gasteiger charge is 2.16. The van der Waals surface area contributed by atoms with Crippen LogP contribution in [0.3, 0.4) is 0 Å². The van der Waals surface area contributed by atoms with Gasteiger partial charge in [0.2, 0.25) is 0 Å². The summed E-state index contributed by atoms with van der Waals surface area (Å²) in [7, 11) is 1.58. The number of carbonyl (C=O) groups is 2. The number of amides is 2. The van der Waals surface area contributed by atoms with Crippen molar-refractivity contribution < 1.29 is 19.1 Å². The Hall–Kier alpha value is -2.97. The topological polar surface area (TPSA) is 79.9 Å².